The number of methoxy groups -OCH3 is 1. The summed E-state index contributed by atoms with van der Waals surface area (Å²) in [7, 11) is 1.53. The van der Waals surface area contributed by atoms with E-state index in [0.717, 1.165) is 6.07 Å². The quantitative estimate of drug-likeness (QED) is 0.833. The summed E-state index contributed by atoms with van der Waals surface area (Å²) in [6.45, 7) is 0. The van der Waals surface area contributed by atoms with Crippen LogP contribution in [0, 0.1) is 0 Å². The maximum absolute atomic E-state index is 11.2. The third-order valence-corrected chi connectivity index (χ3v) is 2.91. The molecule has 1 heterocycles. The van der Waals surface area contributed by atoms with Crippen molar-refractivity contribution in [1.82, 2.24) is 4.98 Å². The molecule has 0 amide bonds. The predicted molar refractivity (Wildman–Crippen MR) is 60.5 cm³/mol. The highest BCUT2D eigenvalue weighted by Crippen LogP contribution is 2.34. The fraction of sp³-hybridized carbons (Fsp3) is 0.100. The van der Waals surface area contributed by atoms with Gasteiger partial charge in [-0.3, -0.25) is 4.79 Å². The fourth-order valence-electron chi connectivity index (χ4n) is 1.41. The lowest BCUT2D eigenvalue weighted by atomic mass is 10.2. The number of hydrogen-bond acceptors (Lipinski definition) is 3. The fourth-order valence-corrected chi connectivity index (χ4v) is 2.02. The summed E-state index contributed by atoms with van der Waals surface area (Å²) in [6.07, 6.45) is 0. The molecule has 0 saturated heterocycles. The first-order chi connectivity index (χ1) is 7.13. The van der Waals surface area contributed by atoms with Crippen LogP contribution in [0.3, 0.4) is 0 Å². The Labute approximate surface area is 93.6 Å². The molecule has 0 atom stereocenters. The molecule has 78 valence electrons. The zero-order valence-corrected chi connectivity index (χ0v) is 9.46. The Morgan fingerprint density at radius 2 is 2.20 bits per heavy atom. The summed E-state index contributed by atoms with van der Waals surface area (Å²) in [6, 6.07) is 4.54. The molecule has 0 aliphatic heterocycles. The minimum atomic E-state index is -0.353. The summed E-state index contributed by atoms with van der Waals surface area (Å²) < 4.78 is 5.70. The average Bonchev–Trinajstić information content (AvgIpc) is 2.19. The highest BCUT2D eigenvalue weighted by atomic mass is 79.9. The summed E-state index contributed by atoms with van der Waals surface area (Å²) in [5.41, 5.74) is 0.174. The summed E-state index contributed by atoms with van der Waals surface area (Å²) in [5, 5.41) is 10.1. The number of benzene rings is 1. The molecule has 4 nitrogen and oxygen atoms in total. The number of H-pyrrole nitrogens is 1. The van der Waals surface area contributed by atoms with E-state index in [4.69, 9.17) is 4.74 Å². The van der Waals surface area contributed by atoms with E-state index in [9.17, 15) is 9.90 Å². The van der Waals surface area contributed by atoms with Crippen molar-refractivity contribution in [2.75, 3.05) is 7.11 Å². The number of pyridine rings is 1. The van der Waals surface area contributed by atoms with Crippen molar-refractivity contribution in [1.29, 1.82) is 0 Å². The van der Waals surface area contributed by atoms with E-state index in [1.807, 2.05) is 0 Å². The van der Waals surface area contributed by atoms with Gasteiger partial charge in [0, 0.05) is 11.5 Å². The maximum atomic E-state index is 11.2. The van der Waals surface area contributed by atoms with Gasteiger partial charge in [-0.05, 0) is 28.1 Å². The van der Waals surface area contributed by atoms with Gasteiger partial charge in [-0.25, -0.2) is 0 Å². The zero-order chi connectivity index (χ0) is 11.0. The third kappa shape index (κ3) is 1.59. The highest BCUT2D eigenvalue weighted by Gasteiger charge is 2.09. The minimum absolute atomic E-state index is 0.0443. The van der Waals surface area contributed by atoms with Gasteiger partial charge in [-0.2, -0.15) is 0 Å². The Bertz CT molecular complexity index is 577. The summed E-state index contributed by atoms with van der Waals surface area (Å²) in [5.74, 6) is 0.556. The number of aromatic nitrogens is 1. The van der Waals surface area contributed by atoms with E-state index in [-0.39, 0.29) is 11.3 Å². The van der Waals surface area contributed by atoms with Crippen LogP contribution in [-0.4, -0.2) is 17.2 Å². The van der Waals surface area contributed by atoms with E-state index in [2.05, 4.69) is 20.9 Å². The first-order valence-electron chi connectivity index (χ1n) is 4.22. The van der Waals surface area contributed by atoms with Crippen molar-refractivity contribution >= 4 is 26.8 Å². The Morgan fingerprint density at radius 3 is 2.87 bits per heavy atom. The molecule has 2 rings (SSSR count). The monoisotopic (exact) mass is 269 g/mol. The molecule has 1 aromatic carbocycles. The van der Waals surface area contributed by atoms with Crippen molar-refractivity contribution in [2.45, 2.75) is 0 Å². The van der Waals surface area contributed by atoms with Gasteiger partial charge in [-0.15, -0.1) is 0 Å². The number of ether oxygens (including phenoxy) is 1. The van der Waals surface area contributed by atoms with Crippen LogP contribution >= 0.6 is 15.9 Å². The molecule has 0 spiro atoms. The van der Waals surface area contributed by atoms with Crippen molar-refractivity contribution < 1.29 is 9.84 Å². The van der Waals surface area contributed by atoms with Gasteiger partial charge in [0.25, 0.3) is 5.56 Å². The molecule has 0 saturated carbocycles. The van der Waals surface area contributed by atoms with Crippen LogP contribution in [-0.2, 0) is 0 Å². The smallest absolute Gasteiger partial charge is 0.252 e. The first kappa shape index (κ1) is 10.0. The molecule has 2 N–H and O–H groups in total. The molecule has 0 aliphatic rings. The number of aromatic hydroxyl groups is 1. The first-order valence-corrected chi connectivity index (χ1v) is 5.01. The predicted octanol–water partition coefficient (Wildman–Crippen LogP) is 2.00. The van der Waals surface area contributed by atoms with Crippen LogP contribution < -0.4 is 10.3 Å². The molecule has 0 fully saturated rings. The van der Waals surface area contributed by atoms with E-state index >= 15 is 0 Å². The van der Waals surface area contributed by atoms with Crippen molar-refractivity contribution in [3.8, 4) is 11.5 Å². The van der Waals surface area contributed by atoms with Crippen LogP contribution in [0.1, 0.15) is 0 Å². The molecular weight excluding hydrogens is 262 g/mol. The third-order valence-electron chi connectivity index (χ3n) is 2.12. The van der Waals surface area contributed by atoms with E-state index in [0.29, 0.717) is 21.1 Å². The number of hydrogen-bond donors (Lipinski definition) is 2. The lowest BCUT2D eigenvalue weighted by Crippen LogP contribution is -2.03. The molecule has 15 heavy (non-hydrogen) atoms. The van der Waals surface area contributed by atoms with Crippen LogP contribution in [0.4, 0.5) is 0 Å². The average molecular weight is 270 g/mol. The van der Waals surface area contributed by atoms with Crippen LogP contribution in [0.2, 0.25) is 0 Å². The Hall–Kier alpha value is -1.49. The number of halogens is 1. The molecule has 0 radical (unpaired) electrons. The Kier molecular flexibility index (Phi) is 2.40. The molecular formula is C10H8BrNO3. The lowest BCUT2D eigenvalue weighted by Gasteiger charge is -2.07. The zero-order valence-electron chi connectivity index (χ0n) is 7.87. The van der Waals surface area contributed by atoms with Gasteiger partial charge < -0.3 is 14.8 Å². The molecule has 0 unspecified atom stereocenters. The highest BCUT2D eigenvalue weighted by molar-refractivity contribution is 9.10. The Balaban J connectivity index is 2.92. The molecule has 2 aromatic rings. The second kappa shape index (κ2) is 3.58. The van der Waals surface area contributed by atoms with Crippen molar-refractivity contribution in [3.63, 3.8) is 0 Å². The minimum Gasteiger partial charge on any atom is -0.507 e. The molecule has 0 bridgehead atoms. The van der Waals surface area contributed by atoms with Crippen LogP contribution in [0.5, 0.6) is 11.5 Å². The topological polar surface area (TPSA) is 62.3 Å². The molecule has 1 aromatic heterocycles. The van der Waals surface area contributed by atoms with Gasteiger partial charge in [0.05, 0.1) is 17.1 Å². The maximum Gasteiger partial charge on any atom is 0.252 e. The summed E-state index contributed by atoms with van der Waals surface area (Å²) in [4.78, 5) is 13.8. The van der Waals surface area contributed by atoms with Crippen LogP contribution in [0.25, 0.3) is 10.9 Å². The SMILES string of the molecule is COc1ccc2c(O)cc(=O)[nH]c2c1Br. The lowest BCUT2D eigenvalue weighted by molar-refractivity contribution is 0.412. The molecule has 5 heteroatoms. The van der Waals surface area contributed by atoms with Gasteiger partial charge >= 0.3 is 0 Å². The van der Waals surface area contributed by atoms with E-state index < -0.39 is 0 Å². The molecule has 0 aliphatic carbocycles. The van der Waals surface area contributed by atoms with Gasteiger partial charge in [0.1, 0.15) is 11.5 Å². The van der Waals surface area contributed by atoms with E-state index in [1.54, 1.807) is 12.1 Å². The summed E-state index contributed by atoms with van der Waals surface area (Å²) >= 11 is 3.30. The second-order valence-corrected chi connectivity index (χ2v) is 3.82. The van der Waals surface area contributed by atoms with Crippen LogP contribution in [0.15, 0.2) is 27.5 Å². The van der Waals surface area contributed by atoms with Gasteiger partial charge in [0.15, 0.2) is 0 Å². The number of nitrogens with one attached hydrogen (secondary N) is 1. The largest absolute Gasteiger partial charge is 0.507 e. The standard InChI is InChI=1S/C10H8BrNO3/c1-15-7-3-2-5-6(13)4-8(14)12-10(5)9(7)11/h2-4H,1H3,(H2,12,13,14). The number of aromatic amines is 1. The van der Waals surface area contributed by atoms with Crippen molar-refractivity contribution in [3.05, 3.63) is 33.0 Å². The Morgan fingerprint density at radius 1 is 1.47 bits per heavy atom. The second-order valence-electron chi connectivity index (χ2n) is 3.02. The van der Waals surface area contributed by atoms with E-state index in [1.165, 1.54) is 7.11 Å². The number of rotatable bonds is 1. The van der Waals surface area contributed by atoms with Gasteiger partial charge in [-0.1, -0.05) is 0 Å². The normalized spacial score (nSPS) is 10.5. The number of fused-ring (bicyclic) bond motifs is 1. The van der Waals surface area contributed by atoms with Crippen molar-refractivity contribution in [2.24, 2.45) is 0 Å². The van der Waals surface area contributed by atoms with Gasteiger partial charge in [0.2, 0.25) is 0 Å².